The first-order valence-corrected chi connectivity index (χ1v) is 5.68. The molecule has 1 rings (SSSR count). The van der Waals surface area contributed by atoms with Gasteiger partial charge in [0.05, 0.1) is 12.6 Å². The van der Waals surface area contributed by atoms with E-state index >= 15 is 0 Å². The van der Waals surface area contributed by atoms with Crippen LogP contribution in [0, 0.1) is 0 Å². The monoisotopic (exact) mass is 237 g/mol. The Hall–Kier alpha value is -1.62. The first-order valence-electron chi connectivity index (χ1n) is 5.68. The van der Waals surface area contributed by atoms with E-state index in [1.165, 1.54) is 0 Å². The average Bonchev–Trinajstić information content (AvgIpc) is 2.35. The number of amides is 1. The number of pyridine rings is 1. The maximum Gasteiger partial charge on any atom is 0.239 e. The van der Waals surface area contributed by atoms with E-state index in [0.29, 0.717) is 12.4 Å². The van der Waals surface area contributed by atoms with Crippen LogP contribution >= 0.6 is 0 Å². The van der Waals surface area contributed by atoms with Crippen LogP contribution in [-0.2, 0) is 4.79 Å². The molecule has 0 saturated heterocycles. The third-order valence-electron chi connectivity index (χ3n) is 2.56. The van der Waals surface area contributed by atoms with E-state index in [2.05, 4.69) is 10.3 Å². The Labute approximate surface area is 101 Å². The topological polar surface area (TPSA) is 65.5 Å². The molecule has 0 aliphatic heterocycles. The number of anilines is 1. The second-order valence-corrected chi connectivity index (χ2v) is 3.78. The predicted octanol–water partition coefficient (Wildman–Crippen LogP) is 0.707. The summed E-state index contributed by atoms with van der Waals surface area (Å²) in [7, 11) is 1.60. The Balaban J connectivity index is 2.98. The normalized spacial score (nSPS) is 12.0. The summed E-state index contributed by atoms with van der Waals surface area (Å²) in [6.45, 7) is 4.53. The molecule has 0 aromatic carbocycles. The van der Waals surface area contributed by atoms with Gasteiger partial charge in [0.25, 0.3) is 0 Å². The summed E-state index contributed by atoms with van der Waals surface area (Å²) in [6, 6.07) is 3.60. The van der Waals surface area contributed by atoms with Gasteiger partial charge in [0.15, 0.2) is 0 Å². The zero-order valence-corrected chi connectivity index (χ0v) is 10.5. The molecule has 0 saturated carbocycles. The van der Waals surface area contributed by atoms with Gasteiger partial charge in [-0.2, -0.15) is 0 Å². The van der Waals surface area contributed by atoms with Crippen LogP contribution in [0.4, 0.5) is 5.82 Å². The van der Waals surface area contributed by atoms with Crippen LogP contribution in [0.5, 0.6) is 0 Å². The predicted molar refractivity (Wildman–Crippen MR) is 66.8 cm³/mol. The fourth-order valence-corrected chi connectivity index (χ4v) is 1.59. The molecule has 0 spiro atoms. The number of nitrogens with one attached hydrogen (secondary N) is 1. The molecule has 0 aliphatic rings. The van der Waals surface area contributed by atoms with Crippen molar-refractivity contribution >= 4 is 11.7 Å². The fourth-order valence-electron chi connectivity index (χ4n) is 1.59. The molecule has 0 fully saturated rings. The molecule has 0 radical (unpaired) electrons. The van der Waals surface area contributed by atoms with Crippen LogP contribution < -0.4 is 10.2 Å². The fraction of sp³-hybridized carbons (Fsp3) is 0.500. The molecule has 0 unspecified atom stereocenters. The van der Waals surface area contributed by atoms with Gasteiger partial charge in [-0.05, 0) is 19.9 Å². The number of carbonyl (C=O) groups is 1. The Bertz CT molecular complexity index is 380. The van der Waals surface area contributed by atoms with E-state index in [-0.39, 0.29) is 12.5 Å². The van der Waals surface area contributed by atoms with Crippen LogP contribution in [-0.4, -0.2) is 36.1 Å². The Morgan fingerprint density at radius 3 is 2.88 bits per heavy atom. The van der Waals surface area contributed by atoms with Gasteiger partial charge in [-0.1, -0.05) is 6.07 Å². The lowest BCUT2D eigenvalue weighted by Crippen LogP contribution is -2.36. The van der Waals surface area contributed by atoms with Crippen molar-refractivity contribution in [1.29, 1.82) is 0 Å². The van der Waals surface area contributed by atoms with E-state index in [1.54, 1.807) is 26.2 Å². The third-order valence-corrected chi connectivity index (χ3v) is 2.56. The minimum atomic E-state index is -0.600. The molecule has 1 atom stereocenters. The summed E-state index contributed by atoms with van der Waals surface area (Å²) < 4.78 is 0. The molecule has 1 aromatic rings. The van der Waals surface area contributed by atoms with Crippen LogP contribution in [0.15, 0.2) is 18.3 Å². The van der Waals surface area contributed by atoms with E-state index < -0.39 is 6.10 Å². The maximum atomic E-state index is 11.4. The van der Waals surface area contributed by atoms with Gasteiger partial charge >= 0.3 is 0 Å². The molecule has 1 amide bonds. The Morgan fingerprint density at radius 2 is 2.35 bits per heavy atom. The average molecular weight is 237 g/mol. The highest BCUT2D eigenvalue weighted by molar-refractivity contribution is 5.80. The maximum absolute atomic E-state index is 11.4. The minimum absolute atomic E-state index is 0.0750. The van der Waals surface area contributed by atoms with E-state index in [4.69, 9.17) is 0 Å². The quantitative estimate of drug-likeness (QED) is 0.791. The second-order valence-electron chi connectivity index (χ2n) is 3.78. The number of carbonyl (C=O) groups excluding carboxylic acids is 1. The Kier molecular flexibility index (Phi) is 4.90. The lowest BCUT2D eigenvalue weighted by atomic mass is 10.1. The summed E-state index contributed by atoms with van der Waals surface area (Å²) in [6.07, 6.45) is 1.06. The van der Waals surface area contributed by atoms with Crippen molar-refractivity contribution in [3.63, 3.8) is 0 Å². The van der Waals surface area contributed by atoms with Crippen LogP contribution in [0.25, 0.3) is 0 Å². The zero-order valence-electron chi connectivity index (χ0n) is 10.5. The van der Waals surface area contributed by atoms with Crippen molar-refractivity contribution < 1.29 is 9.90 Å². The highest BCUT2D eigenvalue weighted by atomic mass is 16.3. The zero-order chi connectivity index (χ0) is 12.8. The summed E-state index contributed by atoms with van der Waals surface area (Å²) in [4.78, 5) is 17.5. The second kappa shape index (κ2) is 6.20. The molecule has 5 nitrogen and oxygen atoms in total. The molecule has 0 bridgehead atoms. The number of aliphatic hydroxyl groups is 1. The molecule has 5 heteroatoms. The molecule has 94 valence electrons. The molecule has 0 aliphatic carbocycles. The number of nitrogens with zero attached hydrogens (tertiary/aromatic N) is 2. The van der Waals surface area contributed by atoms with Gasteiger partial charge in [-0.3, -0.25) is 4.79 Å². The Morgan fingerprint density at radius 1 is 1.65 bits per heavy atom. The van der Waals surface area contributed by atoms with Crippen LogP contribution in [0.1, 0.15) is 25.5 Å². The number of likely N-dealkylation sites (N-methyl/N-ethyl adjacent to an activating group) is 2. The molecule has 2 N–H and O–H groups in total. The minimum Gasteiger partial charge on any atom is -0.389 e. The van der Waals surface area contributed by atoms with E-state index in [1.807, 2.05) is 17.9 Å². The third kappa shape index (κ3) is 3.42. The highest BCUT2D eigenvalue weighted by Crippen LogP contribution is 2.23. The first-order chi connectivity index (χ1) is 8.10. The SMILES string of the molecule is CCN(CC(=O)NC)c1ncccc1[C@H](C)O. The molecular weight excluding hydrogens is 218 g/mol. The largest absolute Gasteiger partial charge is 0.389 e. The van der Waals surface area contributed by atoms with Gasteiger partial charge in [0, 0.05) is 25.4 Å². The number of aromatic nitrogens is 1. The van der Waals surface area contributed by atoms with Crippen molar-refractivity contribution in [2.75, 3.05) is 25.0 Å². The summed E-state index contributed by atoms with van der Waals surface area (Å²) in [5, 5.41) is 12.3. The van der Waals surface area contributed by atoms with E-state index in [9.17, 15) is 9.90 Å². The number of hydrogen-bond donors (Lipinski definition) is 2. The summed E-state index contributed by atoms with van der Waals surface area (Å²) >= 11 is 0. The summed E-state index contributed by atoms with van der Waals surface area (Å²) in [5.41, 5.74) is 0.734. The highest BCUT2D eigenvalue weighted by Gasteiger charge is 2.16. The van der Waals surface area contributed by atoms with Crippen molar-refractivity contribution in [3.8, 4) is 0 Å². The molecule has 1 aromatic heterocycles. The van der Waals surface area contributed by atoms with Gasteiger partial charge < -0.3 is 15.3 Å². The van der Waals surface area contributed by atoms with Gasteiger partial charge in [-0.25, -0.2) is 4.98 Å². The lowest BCUT2D eigenvalue weighted by molar-refractivity contribution is -0.119. The van der Waals surface area contributed by atoms with E-state index in [0.717, 1.165) is 5.56 Å². The van der Waals surface area contributed by atoms with Crippen molar-refractivity contribution in [1.82, 2.24) is 10.3 Å². The molecule has 1 heterocycles. The standard InChI is InChI=1S/C12H19N3O2/c1-4-15(8-11(17)13-3)12-10(9(2)16)6-5-7-14-12/h5-7,9,16H,4,8H2,1-3H3,(H,13,17)/t9-/m0/s1. The van der Waals surface area contributed by atoms with Gasteiger partial charge in [-0.15, -0.1) is 0 Å². The van der Waals surface area contributed by atoms with Crippen molar-refractivity contribution in [3.05, 3.63) is 23.9 Å². The number of rotatable bonds is 5. The van der Waals surface area contributed by atoms with Gasteiger partial charge in [0.1, 0.15) is 5.82 Å². The number of hydrogen-bond acceptors (Lipinski definition) is 4. The number of aliphatic hydroxyl groups excluding tert-OH is 1. The first kappa shape index (κ1) is 13.4. The summed E-state index contributed by atoms with van der Waals surface area (Å²) in [5.74, 6) is 0.586. The van der Waals surface area contributed by atoms with Crippen LogP contribution in [0.3, 0.4) is 0 Å². The smallest absolute Gasteiger partial charge is 0.239 e. The molecular formula is C12H19N3O2. The van der Waals surface area contributed by atoms with Gasteiger partial charge in [0.2, 0.25) is 5.91 Å². The molecule has 17 heavy (non-hydrogen) atoms. The lowest BCUT2D eigenvalue weighted by Gasteiger charge is -2.24. The van der Waals surface area contributed by atoms with Crippen molar-refractivity contribution in [2.24, 2.45) is 0 Å². The van der Waals surface area contributed by atoms with Crippen LogP contribution in [0.2, 0.25) is 0 Å². The van der Waals surface area contributed by atoms with Crippen molar-refractivity contribution in [2.45, 2.75) is 20.0 Å².